The minimum absolute atomic E-state index is 0.411. The molecule has 13 heavy (non-hydrogen) atoms. The number of aromatic hydroxyl groups is 1. The molecule has 1 aromatic carbocycles. The van der Waals surface area contributed by atoms with Crippen LogP contribution in [0, 0.1) is 0 Å². The molecule has 0 fully saturated rings. The van der Waals surface area contributed by atoms with Gasteiger partial charge in [0, 0.05) is 9.86 Å². The van der Waals surface area contributed by atoms with Crippen molar-refractivity contribution in [2.75, 3.05) is 6.26 Å². The van der Waals surface area contributed by atoms with Crippen LogP contribution in [0.25, 0.3) is 10.1 Å². The number of halogens is 1. The molecule has 1 aromatic heterocycles. The monoisotopic (exact) mass is 274 g/mol. The minimum Gasteiger partial charge on any atom is -0.499 e. The third kappa shape index (κ3) is 1.47. The molecule has 0 aliphatic carbocycles. The normalized spacial score (nSPS) is 10.9. The van der Waals surface area contributed by atoms with Gasteiger partial charge in [0.05, 0.1) is 9.60 Å². The summed E-state index contributed by atoms with van der Waals surface area (Å²) in [6.07, 6.45) is 1.97. The molecule has 68 valence electrons. The highest BCUT2D eigenvalue weighted by Gasteiger charge is 2.11. The minimum atomic E-state index is 0.411. The Bertz CT molecular complexity index is 450. The Morgan fingerprint density at radius 3 is 2.92 bits per heavy atom. The molecule has 0 radical (unpaired) electrons. The lowest BCUT2D eigenvalue weighted by Crippen LogP contribution is -1.68. The van der Waals surface area contributed by atoms with Crippen molar-refractivity contribution in [1.82, 2.24) is 0 Å². The standard InChI is InChI=1S/C9H7BrOS2/c1-12-8-5-3-2-4-6(10)7(5)13-9(8)11/h2-4,11H,1H3. The lowest BCUT2D eigenvalue weighted by Gasteiger charge is -1.94. The molecule has 0 saturated heterocycles. The fourth-order valence-electron chi connectivity index (χ4n) is 1.25. The summed E-state index contributed by atoms with van der Waals surface area (Å²) in [5.41, 5.74) is 0. The average Bonchev–Trinajstić information content (AvgIpc) is 2.43. The molecular formula is C9H7BrOS2. The van der Waals surface area contributed by atoms with E-state index < -0.39 is 0 Å². The first-order valence-corrected chi connectivity index (χ1v) is 6.51. The van der Waals surface area contributed by atoms with E-state index >= 15 is 0 Å². The first-order valence-electron chi connectivity index (χ1n) is 3.68. The maximum atomic E-state index is 9.64. The largest absolute Gasteiger partial charge is 0.499 e. The van der Waals surface area contributed by atoms with Crippen molar-refractivity contribution in [3.05, 3.63) is 22.7 Å². The van der Waals surface area contributed by atoms with Gasteiger partial charge in [-0.1, -0.05) is 23.5 Å². The van der Waals surface area contributed by atoms with Crippen LogP contribution < -0.4 is 0 Å². The average molecular weight is 275 g/mol. The number of fused-ring (bicyclic) bond motifs is 1. The quantitative estimate of drug-likeness (QED) is 0.791. The number of hydrogen-bond acceptors (Lipinski definition) is 3. The first kappa shape index (κ1) is 9.37. The van der Waals surface area contributed by atoms with Crippen LogP contribution >= 0.6 is 39.0 Å². The maximum Gasteiger partial charge on any atom is 0.186 e. The summed E-state index contributed by atoms with van der Waals surface area (Å²) < 4.78 is 2.16. The zero-order valence-electron chi connectivity index (χ0n) is 6.87. The van der Waals surface area contributed by atoms with Crippen molar-refractivity contribution in [3.8, 4) is 5.06 Å². The SMILES string of the molecule is CSc1c(O)sc2c(Br)cccc12. The highest BCUT2D eigenvalue weighted by Crippen LogP contribution is 2.44. The maximum absolute atomic E-state index is 9.64. The highest BCUT2D eigenvalue weighted by molar-refractivity contribution is 9.10. The summed E-state index contributed by atoms with van der Waals surface area (Å²) in [7, 11) is 0. The molecule has 0 unspecified atom stereocenters. The molecule has 2 rings (SSSR count). The molecule has 0 aliphatic rings. The molecule has 1 N–H and O–H groups in total. The van der Waals surface area contributed by atoms with Gasteiger partial charge in [0.25, 0.3) is 0 Å². The lowest BCUT2D eigenvalue weighted by molar-refractivity contribution is 0.480. The summed E-state index contributed by atoms with van der Waals surface area (Å²) in [5, 5.41) is 11.2. The van der Waals surface area contributed by atoms with Gasteiger partial charge in [-0.15, -0.1) is 11.8 Å². The van der Waals surface area contributed by atoms with Crippen molar-refractivity contribution in [1.29, 1.82) is 0 Å². The second kappa shape index (κ2) is 3.52. The summed E-state index contributed by atoms with van der Waals surface area (Å²) in [6.45, 7) is 0. The molecule has 0 atom stereocenters. The zero-order valence-corrected chi connectivity index (χ0v) is 10.1. The van der Waals surface area contributed by atoms with E-state index in [0.29, 0.717) is 5.06 Å². The van der Waals surface area contributed by atoms with Gasteiger partial charge in [0.15, 0.2) is 5.06 Å². The van der Waals surface area contributed by atoms with Crippen molar-refractivity contribution in [3.63, 3.8) is 0 Å². The topological polar surface area (TPSA) is 20.2 Å². The van der Waals surface area contributed by atoms with Crippen LogP contribution in [0.2, 0.25) is 0 Å². The van der Waals surface area contributed by atoms with Crippen LogP contribution in [-0.4, -0.2) is 11.4 Å². The Balaban J connectivity index is 2.86. The number of thioether (sulfide) groups is 1. The fraction of sp³-hybridized carbons (Fsp3) is 0.111. The number of thiophene rings is 1. The summed E-state index contributed by atoms with van der Waals surface area (Å²) in [4.78, 5) is 0.973. The molecule has 0 bridgehead atoms. The van der Waals surface area contributed by atoms with E-state index in [1.807, 2.05) is 24.5 Å². The first-order chi connectivity index (χ1) is 6.24. The van der Waals surface area contributed by atoms with Crippen molar-refractivity contribution >= 4 is 49.1 Å². The molecule has 1 nitrogen and oxygen atoms in total. The predicted octanol–water partition coefficient (Wildman–Crippen LogP) is 4.09. The molecule has 0 amide bonds. The Labute approximate surface area is 92.9 Å². The third-order valence-electron chi connectivity index (χ3n) is 1.81. The van der Waals surface area contributed by atoms with E-state index in [-0.39, 0.29) is 0 Å². The van der Waals surface area contributed by atoms with Crippen molar-refractivity contribution < 1.29 is 5.11 Å². The van der Waals surface area contributed by atoms with Gasteiger partial charge in [0.1, 0.15) is 0 Å². The fourth-order valence-corrected chi connectivity index (χ4v) is 3.70. The molecule has 2 aromatic rings. The van der Waals surface area contributed by atoms with E-state index in [0.717, 1.165) is 19.5 Å². The van der Waals surface area contributed by atoms with E-state index in [9.17, 15) is 5.11 Å². The number of hydrogen-bond donors (Lipinski definition) is 1. The summed E-state index contributed by atoms with van der Waals surface area (Å²) in [6, 6.07) is 6.00. The molecular weight excluding hydrogens is 268 g/mol. The lowest BCUT2D eigenvalue weighted by atomic mass is 10.3. The molecule has 0 spiro atoms. The number of rotatable bonds is 1. The Hall–Kier alpha value is -0.190. The Morgan fingerprint density at radius 1 is 1.46 bits per heavy atom. The van der Waals surface area contributed by atoms with Crippen LogP contribution in [0.1, 0.15) is 0 Å². The Morgan fingerprint density at radius 2 is 2.23 bits per heavy atom. The smallest absolute Gasteiger partial charge is 0.186 e. The van der Waals surface area contributed by atoms with E-state index in [1.165, 1.54) is 11.3 Å². The second-order valence-electron chi connectivity index (χ2n) is 2.56. The van der Waals surface area contributed by atoms with Crippen LogP contribution in [0.15, 0.2) is 27.6 Å². The predicted molar refractivity (Wildman–Crippen MR) is 63.0 cm³/mol. The Kier molecular flexibility index (Phi) is 2.53. The van der Waals surface area contributed by atoms with Gasteiger partial charge < -0.3 is 5.11 Å². The van der Waals surface area contributed by atoms with E-state index in [1.54, 1.807) is 11.8 Å². The van der Waals surface area contributed by atoms with Gasteiger partial charge in [-0.2, -0.15) is 0 Å². The van der Waals surface area contributed by atoms with Gasteiger partial charge >= 0.3 is 0 Å². The van der Waals surface area contributed by atoms with Crippen LogP contribution in [-0.2, 0) is 0 Å². The second-order valence-corrected chi connectivity index (χ2v) is 5.23. The highest BCUT2D eigenvalue weighted by atomic mass is 79.9. The van der Waals surface area contributed by atoms with Gasteiger partial charge in [-0.05, 0) is 28.3 Å². The molecule has 0 saturated carbocycles. The third-order valence-corrected chi connectivity index (χ3v) is 4.72. The van der Waals surface area contributed by atoms with Crippen LogP contribution in [0.5, 0.6) is 5.06 Å². The molecule has 0 aliphatic heterocycles. The van der Waals surface area contributed by atoms with E-state index in [2.05, 4.69) is 15.9 Å². The van der Waals surface area contributed by atoms with Gasteiger partial charge in [-0.25, -0.2) is 0 Å². The molecule has 4 heteroatoms. The summed E-state index contributed by atoms with van der Waals surface area (Å²) in [5.74, 6) is 0. The van der Waals surface area contributed by atoms with Crippen LogP contribution in [0.3, 0.4) is 0 Å². The number of benzene rings is 1. The molecule has 1 heterocycles. The van der Waals surface area contributed by atoms with Crippen molar-refractivity contribution in [2.45, 2.75) is 4.90 Å². The van der Waals surface area contributed by atoms with E-state index in [4.69, 9.17) is 0 Å². The summed E-state index contributed by atoms with van der Waals surface area (Å²) >= 11 is 6.46. The van der Waals surface area contributed by atoms with Gasteiger partial charge in [-0.3, -0.25) is 0 Å². The van der Waals surface area contributed by atoms with Crippen LogP contribution in [0.4, 0.5) is 0 Å². The van der Waals surface area contributed by atoms with Gasteiger partial charge in [0.2, 0.25) is 0 Å². The van der Waals surface area contributed by atoms with Crippen molar-refractivity contribution in [2.24, 2.45) is 0 Å². The zero-order chi connectivity index (χ0) is 9.42.